The Morgan fingerprint density at radius 3 is 2.45 bits per heavy atom. The monoisotopic (exact) mass is 290 g/mol. The normalized spacial score (nSPS) is 15.4. The van der Waals surface area contributed by atoms with E-state index in [0.717, 1.165) is 24.4 Å². The lowest BCUT2D eigenvalue weighted by molar-refractivity contribution is 0.413. The molecule has 0 saturated carbocycles. The molecule has 0 heterocycles. The summed E-state index contributed by atoms with van der Waals surface area (Å²) in [6, 6.07) is 6.30. The molecule has 1 aromatic carbocycles. The fraction of sp³-hybridized carbons (Fsp3) is 0.529. The lowest BCUT2D eigenvalue weighted by Gasteiger charge is -2.38. The van der Waals surface area contributed by atoms with Crippen LogP contribution in [0.1, 0.15) is 38.3 Å². The van der Waals surface area contributed by atoms with Gasteiger partial charge in [0, 0.05) is 5.56 Å². The highest BCUT2D eigenvalue weighted by Crippen LogP contribution is 2.41. The Morgan fingerprint density at radius 1 is 1.15 bits per heavy atom. The average molecular weight is 290 g/mol. The van der Waals surface area contributed by atoms with E-state index < -0.39 is 8.32 Å². The van der Waals surface area contributed by atoms with E-state index in [2.05, 4.69) is 52.1 Å². The van der Waals surface area contributed by atoms with Gasteiger partial charge in [0.05, 0.1) is 7.11 Å². The van der Waals surface area contributed by atoms with Gasteiger partial charge in [0.1, 0.15) is 11.5 Å². The molecular formula is C17H26O2Si. The fourth-order valence-corrected chi connectivity index (χ4v) is 3.17. The van der Waals surface area contributed by atoms with Crippen LogP contribution in [-0.2, 0) is 10.8 Å². The van der Waals surface area contributed by atoms with Gasteiger partial charge >= 0.3 is 0 Å². The SMILES string of the molecule is COc1ccc2c(c1)C(O[Si](C)(C)C(C)(C)C)=CCC2. The second kappa shape index (κ2) is 5.28. The van der Waals surface area contributed by atoms with Gasteiger partial charge in [0.25, 0.3) is 0 Å². The van der Waals surface area contributed by atoms with Crippen molar-refractivity contribution in [1.82, 2.24) is 0 Å². The number of aryl methyl sites for hydroxylation is 1. The molecule has 110 valence electrons. The molecule has 0 aliphatic heterocycles. The summed E-state index contributed by atoms with van der Waals surface area (Å²) in [6.07, 6.45) is 4.38. The molecule has 0 radical (unpaired) electrons. The van der Waals surface area contributed by atoms with E-state index in [1.165, 1.54) is 11.1 Å². The van der Waals surface area contributed by atoms with Crippen LogP contribution in [0.15, 0.2) is 24.3 Å². The van der Waals surface area contributed by atoms with Gasteiger partial charge in [-0.1, -0.05) is 26.8 Å². The van der Waals surface area contributed by atoms with Crippen LogP contribution in [0.4, 0.5) is 0 Å². The average Bonchev–Trinajstić information content (AvgIpc) is 2.37. The van der Waals surface area contributed by atoms with Crippen LogP contribution in [-0.4, -0.2) is 15.4 Å². The van der Waals surface area contributed by atoms with Crippen LogP contribution in [0.5, 0.6) is 5.75 Å². The lowest BCUT2D eigenvalue weighted by Crippen LogP contribution is -2.40. The van der Waals surface area contributed by atoms with Crippen molar-refractivity contribution in [2.24, 2.45) is 0 Å². The Morgan fingerprint density at radius 2 is 1.85 bits per heavy atom. The van der Waals surface area contributed by atoms with Gasteiger partial charge < -0.3 is 9.16 Å². The number of ether oxygens (including phenoxy) is 1. The van der Waals surface area contributed by atoms with Crippen molar-refractivity contribution in [2.45, 2.75) is 51.7 Å². The summed E-state index contributed by atoms with van der Waals surface area (Å²) >= 11 is 0. The number of methoxy groups -OCH3 is 1. The van der Waals surface area contributed by atoms with Crippen molar-refractivity contribution in [3.63, 3.8) is 0 Å². The maximum Gasteiger partial charge on any atom is 0.250 e. The molecule has 0 spiro atoms. The Balaban J connectivity index is 2.34. The van der Waals surface area contributed by atoms with E-state index >= 15 is 0 Å². The summed E-state index contributed by atoms with van der Waals surface area (Å²) in [5.41, 5.74) is 2.57. The van der Waals surface area contributed by atoms with E-state index in [1.54, 1.807) is 7.11 Å². The third-order valence-corrected chi connectivity index (χ3v) is 8.84. The Hall–Kier alpha value is -1.22. The smallest absolute Gasteiger partial charge is 0.250 e. The van der Waals surface area contributed by atoms with Crippen LogP contribution in [0.3, 0.4) is 0 Å². The molecule has 0 unspecified atom stereocenters. The topological polar surface area (TPSA) is 18.5 Å². The first-order valence-corrected chi connectivity index (χ1v) is 10.2. The molecule has 1 aliphatic carbocycles. The van der Waals surface area contributed by atoms with E-state index in [9.17, 15) is 0 Å². The van der Waals surface area contributed by atoms with Crippen LogP contribution in [0, 0.1) is 0 Å². The Labute approximate surface area is 123 Å². The molecule has 0 fully saturated rings. The molecule has 1 aromatic rings. The maximum atomic E-state index is 6.51. The summed E-state index contributed by atoms with van der Waals surface area (Å²) < 4.78 is 11.9. The summed E-state index contributed by atoms with van der Waals surface area (Å²) in [6.45, 7) is 11.4. The van der Waals surface area contributed by atoms with Gasteiger partial charge in [0.2, 0.25) is 8.32 Å². The minimum Gasteiger partial charge on any atom is -0.543 e. The third kappa shape index (κ3) is 2.93. The second-order valence-electron chi connectivity index (χ2n) is 6.99. The first-order chi connectivity index (χ1) is 9.24. The standard InChI is InChI=1S/C17H26O2Si/c1-17(2,3)20(5,6)19-16-9-7-8-13-10-11-14(18-4)12-15(13)16/h9-12H,7-8H2,1-6H3. The minimum atomic E-state index is -1.80. The quantitative estimate of drug-likeness (QED) is 0.729. The Bertz CT molecular complexity index is 524. The molecule has 0 atom stereocenters. The van der Waals surface area contributed by atoms with Crippen LogP contribution >= 0.6 is 0 Å². The minimum absolute atomic E-state index is 0.213. The zero-order valence-corrected chi connectivity index (χ0v) is 14.5. The molecule has 2 nitrogen and oxygen atoms in total. The van der Waals surface area contributed by atoms with Gasteiger partial charge in [-0.2, -0.15) is 0 Å². The van der Waals surface area contributed by atoms with Crippen LogP contribution < -0.4 is 4.74 Å². The number of fused-ring (bicyclic) bond motifs is 1. The molecule has 0 N–H and O–H groups in total. The first-order valence-electron chi connectivity index (χ1n) is 7.31. The van der Waals surface area contributed by atoms with Crippen molar-refractivity contribution in [3.05, 3.63) is 35.4 Å². The summed E-state index contributed by atoms with van der Waals surface area (Å²) in [5.74, 6) is 1.95. The van der Waals surface area contributed by atoms with E-state index in [1.807, 2.05) is 6.07 Å². The zero-order chi connectivity index (χ0) is 15.0. The summed E-state index contributed by atoms with van der Waals surface area (Å²) in [4.78, 5) is 0. The lowest BCUT2D eigenvalue weighted by atomic mass is 9.96. The molecule has 3 heteroatoms. The van der Waals surface area contributed by atoms with E-state index in [0.29, 0.717) is 0 Å². The molecule has 20 heavy (non-hydrogen) atoms. The third-order valence-electron chi connectivity index (χ3n) is 4.50. The second-order valence-corrected chi connectivity index (χ2v) is 11.7. The molecular weight excluding hydrogens is 264 g/mol. The molecule has 0 aromatic heterocycles. The van der Waals surface area contributed by atoms with Crippen molar-refractivity contribution in [3.8, 4) is 5.75 Å². The maximum absolute atomic E-state index is 6.51. The number of allylic oxidation sites excluding steroid dienone is 1. The molecule has 0 amide bonds. The predicted octanol–water partition coefficient (Wildman–Crippen LogP) is 5.00. The fourth-order valence-electron chi connectivity index (χ4n) is 2.12. The number of benzene rings is 1. The summed E-state index contributed by atoms with van der Waals surface area (Å²) in [5, 5.41) is 0.213. The first kappa shape index (κ1) is 15.2. The molecule has 1 aliphatic rings. The molecule has 0 bridgehead atoms. The number of hydrogen-bond donors (Lipinski definition) is 0. The predicted molar refractivity (Wildman–Crippen MR) is 87.6 cm³/mol. The van der Waals surface area contributed by atoms with E-state index in [-0.39, 0.29) is 5.04 Å². The van der Waals surface area contributed by atoms with Crippen LogP contribution in [0.25, 0.3) is 5.76 Å². The summed E-state index contributed by atoms with van der Waals surface area (Å²) in [7, 11) is -0.0865. The van der Waals surface area contributed by atoms with Crippen molar-refractivity contribution in [2.75, 3.05) is 7.11 Å². The number of hydrogen-bond acceptors (Lipinski definition) is 2. The van der Waals surface area contributed by atoms with Gasteiger partial charge in [-0.15, -0.1) is 0 Å². The molecule has 0 saturated heterocycles. The number of rotatable bonds is 3. The Kier molecular flexibility index (Phi) is 4.01. The largest absolute Gasteiger partial charge is 0.543 e. The highest BCUT2D eigenvalue weighted by molar-refractivity contribution is 6.74. The van der Waals surface area contributed by atoms with Crippen LogP contribution in [0.2, 0.25) is 18.1 Å². The van der Waals surface area contributed by atoms with Crippen molar-refractivity contribution >= 4 is 14.1 Å². The highest BCUT2D eigenvalue weighted by Gasteiger charge is 2.40. The van der Waals surface area contributed by atoms with Gasteiger partial charge in [0.15, 0.2) is 0 Å². The van der Waals surface area contributed by atoms with Gasteiger partial charge in [-0.3, -0.25) is 0 Å². The van der Waals surface area contributed by atoms with Crippen molar-refractivity contribution in [1.29, 1.82) is 0 Å². The van der Waals surface area contributed by atoms with Gasteiger partial charge in [-0.05, 0) is 54.7 Å². The van der Waals surface area contributed by atoms with Crippen molar-refractivity contribution < 1.29 is 9.16 Å². The van der Waals surface area contributed by atoms with Gasteiger partial charge in [-0.25, -0.2) is 0 Å². The molecule has 2 rings (SSSR count). The van der Waals surface area contributed by atoms with E-state index in [4.69, 9.17) is 9.16 Å². The highest BCUT2D eigenvalue weighted by atomic mass is 28.4. The zero-order valence-electron chi connectivity index (χ0n) is 13.5.